The van der Waals surface area contributed by atoms with Crippen molar-refractivity contribution in [2.45, 2.75) is 13.0 Å². The Bertz CT molecular complexity index is 765. The number of furan rings is 1. The van der Waals surface area contributed by atoms with Gasteiger partial charge in [0.15, 0.2) is 17.3 Å². The number of methoxy groups -OCH3 is 2. The maximum Gasteiger partial charge on any atom is 0.291 e. The van der Waals surface area contributed by atoms with Crippen LogP contribution in [0.2, 0.25) is 0 Å². The lowest BCUT2D eigenvalue weighted by molar-refractivity contribution is 0.0951. The fourth-order valence-corrected chi connectivity index (χ4v) is 2.21. The van der Waals surface area contributed by atoms with Gasteiger partial charge in [-0.25, -0.2) is 0 Å². The number of anilines is 1. The molecule has 1 aromatic carbocycles. The molecule has 0 saturated heterocycles. The summed E-state index contributed by atoms with van der Waals surface area (Å²) >= 11 is 0. The summed E-state index contributed by atoms with van der Waals surface area (Å²) in [5.74, 6) is 0.0929. The zero-order valence-electron chi connectivity index (χ0n) is 15.6. The maximum absolute atomic E-state index is 12.6. The molecule has 1 atom stereocenters. The number of halogens is 1. The van der Waals surface area contributed by atoms with Crippen LogP contribution in [-0.4, -0.2) is 45.7 Å². The standard InChI is InChI=1S/C18H23N3O5.ClH/c1-11(19-2)10-20-17(22)12-8-15(24-3)16(25-4)9-13(12)21-18(23)14-6-5-7-26-14;/h5-9,11,19H,10H2,1-4H3,(H,20,22)(H,21,23);1H. The zero-order valence-corrected chi connectivity index (χ0v) is 16.4. The van der Waals surface area contributed by atoms with E-state index in [1.54, 1.807) is 6.07 Å². The third kappa shape index (κ3) is 5.63. The van der Waals surface area contributed by atoms with Crippen LogP contribution in [0.15, 0.2) is 34.9 Å². The Morgan fingerprint density at radius 3 is 2.37 bits per heavy atom. The van der Waals surface area contributed by atoms with Crippen LogP contribution < -0.4 is 25.4 Å². The molecular formula is C18H24ClN3O5. The minimum atomic E-state index is -0.472. The van der Waals surface area contributed by atoms with E-state index in [1.165, 1.54) is 38.7 Å². The highest BCUT2D eigenvalue weighted by Crippen LogP contribution is 2.33. The molecule has 1 heterocycles. The first-order valence-electron chi connectivity index (χ1n) is 8.06. The van der Waals surface area contributed by atoms with Gasteiger partial charge in [0.05, 0.1) is 31.7 Å². The highest BCUT2D eigenvalue weighted by Gasteiger charge is 2.20. The fourth-order valence-electron chi connectivity index (χ4n) is 2.21. The van der Waals surface area contributed by atoms with Crippen LogP contribution in [0.3, 0.4) is 0 Å². The molecule has 27 heavy (non-hydrogen) atoms. The van der Waals surface area contributed by atoms with Gasteiger partial charge in [-0.3, -0.25) is 9.59 Å². The lowest BCUT2D eigenvalue weighted by atomic mass is 10.1. The molecule has 2 amide bonds. The van der Waals surface area contributed by atoms with Crippen molar-refractivity contribution in [3.05, 3.63) is 41.9 Å². The summed E-state index contributed by atoms with van der Waals surface area (Å²) in [5, 5.41) is 8.53. The largest absolute Gasteiger partial charge is 0.493 e. The number of rotatable bonds is 8. The Kier molecular flexibility index (Phi) is 8.64. The van der Waals surface area contributed by atoms with Gasteiger partial charge in [0.2, 0.25) is 0 Å². The number of amides is 2. The second-order valence-corrected chi connectivity index (χ2v) is 5.58. The third-order valence-corrected chi connectivity index (χ3v) is 3.82. The van der Waals surface area contributed by atoms with Gasteiger partial charge in [-0.1, -0.05) is 0 Å². The fraction of sp³-hybridized carbons (Fsp3) is 0.333. The van der Waals surface area contributed by atoms with Crippen LogP contribution in [0, 0.1) is 0 Å². The average Bonchev–Trinajstić information content (AvgIpc) is 3.20. The summed E-state index contributed by atoms with van der Waals surface area (Å²) in [6, 6.07) is 6.30. The molecule has 3 N–H and O–H groups in total. The van der Waals surface area contributed by atoms with Crippen molar-refractivity contribution in [1.29, 1.82) is 0 Å². The van der Waals surface area contributed by atoms with Gasteiger partial charge in [0.1, 0.15) is 0 Å². The number of likely N-dealkylation sites (N-methyl/N-ethyl adjacent to an activating group) is 1. The normalized spacial score (nSPS) is 11.1. The molecule has 8 nitrogen and oxygen atoms in total. The number of ether oxygens (including phenoxy) is 2. The van der Waals surface area contributed by atoms with Crippen molar-refractivity contribution in [2.75, 3.05) is 33.1 Å². The van der Waals surface area contributed by atoms with E-state index in [0.29, 0.717) is 23.7 Å². The van der Waals surface area contributed by atoms with Gasteiger partial charge >= 0.3 is 0 Å². The minimum absolute atomic E-state index is 0. The van der Waals surface area contributed by atoms with Crippen LogP contribution in [0.25, 0.3) is 0 Å². The third-order valence-electron chi connectivity index (χ3n) is 3.82. The Hall–Kier alpha value is -2.71. The predicted octanol–water partition coefficient (Wildman–Crippen LogP) is 2.31. The number of hydrogen-bond acceptors (Lipinski definition) is 6. The smallest absolute Gasteiger partial charge is 0.291 e. The number of hydrogen-bond donors (Lipinski definition) is 3. The van der Waals surface area contributed by atoms with Crippen LogP contribution in [0.4, 0.5) is 5.69 Å². The van der Waals surface area contributed by atoms with Crippen LogP contribution in [-0.2, 0) is 0 Å². The van der Waals surface area contributed by atoms with Crippen molar-refractivity contribution in [1.82, 2.24) is 10.6 Å². The maximum atomic E-state index is 12.6. The minimum Gasteiger partial charge on any atom is -0.493 e. The molecule has 0 aliphatic heterocycles. The number of carbonyl (C=O) groups is 2. The van der Waals surface area contributed by atoms with Crippen molar-refractivity contribution in [2.24, 2.45) is 0 Å². The van der Waals surface area contributed by atoms with Crippen molar-refractivity contribution < 1.29 is 23.5 Å². The van der Waals surface area contributed by atoms with Gasteiger partial charge in [0, 0.05) is 18.7 Å². The number of benzene rings is 1. The van der Waals surface area contributed by atoms with E-state index in [1.807, 2.05) is 14.0 Å². The van der Waals surface area contributed by atoms with Crippen LogP contribution >= 0.6 is 12.4 Å². The Labute approximate surface area is 164 Å². The molecule has 2 rings (SSSR count). The van der Waals surface area contributed by atoms with Gasteiger partial charge in [-0.2, -0.15) is 0 Å². The molecule has 1 unspecified atom stereocenters. The van der Waals surface area contributed by atoms with E-state index in [9.17, 15) is 9.59 Å². The topological polar surface area (TPSA) is 102 Å². The Morgan fingerprint density at radius 1 is 1.15 bits per heavy atom. The van der Waals surface area contributed by atoms with Crippen molar-refractivity contribution in [3.63, 3.8) is 0 Å². The quantitative estimate of drug-likeness (QED) is 0.631. The SMILES string of the molecule is CNC(C)CNC(=O)c1cc(OC)c(OC)cc1NC(=O)c1ccco1.Cl. The van der Waals surface area contributed by atoms with E-state index in [0.717, 1.165) is 0 Å². The molecule has 2 aromatic rings. The summed E-state index contributed by atoms with van der Waals surface area (Å²) in [7, 11) is 4.76. The van der Waals surface area contributed by atoms with Crippen LogP contribution in [0.5, 0.6) is 11.5 Å². The van der Waals surface area contributed by atoms with Crippen molar-refractivity contribution >= 4 is 29.9 Å². The second kappa shape index (κ2) is 10.4. The zero-order chi connectivity index (χ0) is 19.1. The molecule has 0 saturated carbocycles. The van der Waals surface area contributed by atoms with E-state index in [4.69, 9.17) is 13.9 Å². The van der Waals surface area contributed by atoms with Gasteiger partial charge in [-0.15, -0.1) is 12.4 Å². The lowest BCUT2D eigenvalue weighted by Crippen LogP contribution is -2.37. The van der Waals surface area contributed by atoms with Gasteiger partial charge < -0.3 is 29.8 Å². The molecule has 0 radical (unpaired) electrons. The summed E-state index contributed by atoms with van der Waals surface area (Å²) < 4.78 is 15.6. The number of nitrogens with one attached hydrogen (secondary N) is 3. The highest BCUT2D eigenvalue weighted by molar-refractivity contribution is 6.08. The molecule has 1 aromatic heterocycles. The second-order valence-electron chi connectivity index (χ2n) is 5.58. The van der Waals surface area contributed by atoms with Crippen molar-refractivity contribution in [3.8, 4) is 11.5 Å². The average molecular weight is 398 g/mol. The van der Waals surface area contributed by atoms with E-state index < -0.39 is 5.91 Å². The summed E-state index contributed by atoms with van der Waals surface area (Å²) in [6.07, 6.45) is 1.40. The molecule has 0 spiro atoms. The van der Waals surface area contributed by atoms with Gasteiger partial charge in [-0.05, 0) is 32.2 Å². The molecule has 0 bridgehead atoms. The predicted molar refractivity (Wildman–Crippen MR) is 104 cm³/mol. The van der Waals surface area contributed by atoms with E-state index in [-0.39, 0.29) is 35.7 Å². The summed E-state index contributed by atoms with van der Waals surface area (Å²) in [5.41, 5.74) is 0.546. The molecule has 0 aliphatic rings. The Morgan fingerprint density at radius 2 is 1.81 bits per heavy atom. The molecular weight excluding hydrogens is 374 g/mol. The molecule has 148 valence electrons. The molecule has 0 aliphatic carbocycles. The first-order valence-corrected chi connectivity index (χ1v) is 8.06. The highest BCUT2D eigenvalue weighted by atomic mass is 35.5. The molecule has 9 heteroatoms. The summed E-state index contributed by atoms with van der Waals surface area (Å²) in [4.78, 5) is 24.9. The van der Waals surface area contributed by atoms with Gasteiger partial charge in [0.25, 0.3) is 11.8 Å². The Balaban J connectivity index is 0.00000364. The summed E-state index contributed by atoms with van der Waals surface area (Å²) in [6.45, 7) is 2.36. The lowest BCUT2D eigenvalue weighted by Gasteiger charge is -2.16. The first kappa shape index (κ1) is 22.3. The molecule has 0 fully saturated rings. The van der Waals surface area contributed by atoms with Crippen LogP contribution in [0.1, 0.15) is 27.8 Å². The van der Waals surface area contributed by atoms with E-state index in [2.05, 4.69) is 16.0 Å². The monoisotopic (exact) mass is 397 g/mol. The number of carbonyl (C=O) groups excluding carboxylic acids is 2. The van der Waals surface area contributed by atoms with E-state index >= 15 is 0 Å². The first-order chi connectivity index (χ1) is 12.5.